The largest absolute Gasteiger partial charge is 0.399 e. The van der Waals surface area contributed by atoms with Gasteiger partial charge in [-0.1, -0.05) is 13.0 Å². The number of fused-ring (bicyclic) bond motifs is 1. The smallest absolute Gasteiger partial charge is 0.0326 e. The van der Waals surface area contributed by atoms with Crippen LogP contribution in [0.5, 0.6) is 0 Å². The molecule has 3 N–H and O–H groups in total. The fourth-order valence-corrected chi connectivity index (χ4v) is 2.45. The van der Waals surface area contributed by atoms with Gasteiger partial charge in [0.25, 0.3) is 0 Å². The summed E-state index contributed by atoms with van der Waals surface area (Å²) in [6.07, 6.45) is 4.90. The van der Waals surface area contributed by atoms with Gasteiger partial charge in [-0.2, -0.15) is 0 Å². The van der Waals surface area contributed by atoms with Crippen LogP contribution in [0.15, 0.2) is 18.2 Å². The van der Waals surface area contributed by atoms with Crippen molar-refractivity contribution < 1.29 is 0 Å². The molecule has 0 amide bonds. The number of nitrogen functional groups attached to an aromatic ring is 1. The Labute approximate surface area is 98.2 Å². The Morgan fingerprint density at radius 1 is 1.50 bits per heavy atom. The highest BCUT2D eigenvalue weighted by atomic mass is 14.9. The molecule has 0 bridgehead atoms. The predicted molar refractivity (Wildman–Crippen MR) is 69.4 cm³/mol. The van der Waals surface area contributed by atoms with E-state index >= 15 is 0 Å². The van der Waals surface area contributed by atoms with Crippen molar-refractivity contribution in [1.82, 2.24) is 5.32 Å². The first-order chi connectivity index (χ1) is 7.70. The van der Waals surface area contributed by atoms with E-state index in [1.165, 1.54) is 36.8 Å². The number of benzene rings is 1. The van der Waals surface area contributed by atoms with Crippen molar-refractivity contribution in [3.8, 4) is 0 Å². The zero-order chi connectivity index (χ0) is 11.5. The van der Waals surface area contributed by atoms with Gasteiger partial charge in [0.15, 0.2) is 0 Å². The molecule has 88 valence electrons. The molecule has 2 nitrogen and oxygen atoms in total. The van der Waals surface area contributed by atoms with Gasteiger partial charge >= 0.3 is 0 Å². The van der Waals surface area contributed by atoms with Crippen molar-refractivity contribution in [3.63, 3.8) is 0 Å². The number of rotatable bonds is 3. The third-order valence-electron chi connectivity index (χ3n) is 3.58. The van der Waals surface area contributed by atoms with Gasteiger partial charge in [-0.05, 0) is 55.9 Å². The van der Waals surface area contributed by atoms with E-state index in [1.54, 1.807) is 0 Å². The molecule has 1 aliphatic carbocycles. The highest BCUT2D eigenvalue weighted by Crippen LogP contribution is 2.31. The van der Waals surface area contributed by atoms with E-state index in [2.05, 4.69) is 31.3 Å². The molecule has 1 aromatic rings. The third kappa shape index (κ3) is 2.38. The topological polar surface area (TPSA) is 38.0 Å². The summed E-state index contributed by atoms with van der Waals surface area (Å²) < 4.78 is 0. The predicted octanol–water partition coefficient (Wildman–Crippen LogP) is 3.03. The molecule has 0 fully saturated rings. The van der Waals surface area contributed by atoms with Gasteiger partial charge < -0.3 is 11.1 Å². The van der Waals surface area contributed by atoms with Crippen LogP contribution in [0.3, 0.4) is 0 Å². The molecule has 2 heteroatoms. The van der Waals surface area contributed by atoms with Crippen molar-refractivity contribution in [2.24, 2.45) is 0 Å². The normalized spacial score (nSPS) is 21.5. The van der Waals surface area contributed by atoms with Crippen LogP contribution in [-0.2, 0) is 6.42 Å². The van der Waals surface area contributed by atoms with E-state index in [4.69, 9.17) is 5.73 Å². The molecule has 16 heavy (non-hydrogen) atoms. The van der Waals surface area contributed by atoms with Crippen molar-refractivity contribution in [2.45, 2.75) is 51.6 Å². The van der Waals surface area contributed by atoms with E-state index < -0.39 is 0 Å². The molecule has 0 aliphatic heterocycles. The van der Waals surface area contributed by atoms with E-state index in [0.29, 0.717) is 12.1 Å². The summed E-state index contributed by atoms with van der Waals surface area (Å²) in [5.74, 6) is 0. The molecule has 1 aliphatic rings. The average molecular weight is 218 g/mol. The highest BCUT2D eigenvalue weighted by molar-refractivity contribution is 5.46. The van der Waals surface area contributed by atoms with Gasteiger partial charge in [-0.25, -0.2) is 0 Å². The molecular weight excluding hydrogens is 196 g/mol. The first kappa shape index (κ1) is 11.5. The molecular formula is C14H22N2. The number of nitrogens with one attached hydrogen (secondary N) is 1. The summed E-state index contributed by atoms with van der Waals surface area (Å²) in [5, 5.41) is 3.70. The van der Waals surface area contributed by atoms with Crippen molar-refractivity contribution in [3.05, 3.63) is 29.3 Å². The van der Waals surface area contributed by atoms with Gasteiger partial charge in [0.05, 0.1) is 0 Å². The monoisotopic (exact) mass is 218 g/mol. The van der Waals surface area contributed by atoms with Gasteiger partial charge in [-0.15, -0.1) is 0 Å². The quantitative estimate of drug-likeness (QED) is 0.765. The van der Waals surface area contributed by atoms with Crippen LogP contribution in [0, 0.1) is 0 Å². The molecule has 0 radical (unpaired) electrons. The Balaban J connectivity index is 2.21. The second kappa shape index (κ2) is 4.88. The number of hydrogen-bond donors (Lipinski definition) is 2. The number of nitrogens with two attached hydrogens (primary N) is 1. The van der Waals surface area contributed by atoms with E-state index in [1.807, 2.05) is 6.07 Å². The summed E-state index contributed by atoms with van der Waals surface area (Å²) in [6.45, 7) is 4.47. The SMILES string of the molecule is CCC(C)NC1CCCc2ccc(N)cc21. The van der Waals surface area contributed by atoms with Crippen molar-refractivity contribution >= 4 is 5.69 Å². The molecule has 2 rings (SSSR count). The fraction of sp³-hybridized carbons (Fsp3) is 0.571. The molecule has 0 saturated heterocycles. The lowest BCUT2D eigenvalue weighted by Gasteiger charge is -2.29. The Kier molecular flexibility index (Phi) is 3.49. The first-order valence-corrected chi connectivity index (χ1v) is 6.35. The summed E-state index contributed by atoms with van der Waals surface area (Å²) in [6, 6.07) is 7.44. The van der Waals surface area contributed by atoms with E-state index in [0.717, 1.165) is 5.69 Å². The number of anilines is 1. The van der Waals surface area contributed by atoms with Gasteiger partial charge in [0, 0.05) is 17.8 Å². The lowest BCUT2D eigenvalue weighted by atomic mass is 9.87. The van der Waals surface area contributed by atoms with Crippen LogP contribution in [0.4, 0.5) is 5.69 Å². The fourth-order valence-electron chi connectivity index (χ4n) is 2.45. The maximum atomic E-state index is 5.88. The third-order valence-corrected chi connectivity index (χ3v) is 3.58. The van der Waals surface area contributed by atoms with E-state index in [-0.39, 0.29) is 0 Å². The lowest BCUT2D eigenvalue weighted by molar-refractivity contribution is 0.403. The van der Waals surface area contributed by atoms with E-state index in [9.17, 15) is 0 Å². The first-order valence-electron chi connectivity index (χ1n) is 6.35. The van der Waals surface area contributed by atoms with Crippen LogP contribution in [0.2, 0.25) is 0 Å². The van der Waals surface area contributed by atoms with Crippen LogP contribution in [0.25, 0.3) is 0 Å². The second-order valence-electron chi connectivity index (χ2n) is 4.88. The van der Waals surface area contributed by atoms with Crippen LogP contribution in [-0.4, -0.2) is 6.04 Å². The summed E-state index contributed by atoms with van der Waals surface area (Å²) >= 11 is 0. The zero-order valence-electron chi connectivity index (χ0n) is 10.3. The molecule has 0 spiro atoms. The van der Waals surface area contributed by atoms with Crippen molar-refractivity contribution in [1.29, 1.82) is 0 Å². The van der Waals surface area contributed by atoms with Crippen LogP contribution in [0.1, 0.15) is 50.3 Å². The number of hydrogen-bond acceptors (Lipinski definition) is 2. The molecule has 1 aromatic carbocycles. The second-order valence-corrected chi connectivity index (χ2v) is 4.88. The van der Waals surface area contributed by atoms with Crippen LogP contribution < -0.4 is 11.1 Å². The van der Waals surface area contributed by atoms with Gasteiger partial charge in [0.1, 0.15) is 0 Å². The van der Waals surface area contributed by atoms with Crippen LogP contribution >= 0.6 is 0 Å². The Morgan fingerprint density at radius 3 is 3.06 bits per heavy atom. The summed E-state index contributed by atoms with van der Waals surface area (Å²) in [7, 11) is 0. The average Bonchev–Trinajstić information content (AvgIpc) is 2.29. The standard InChI is InChI=1S/C14H22N2/c1-3-10(2)16-14-6-4-5-11-7-8-12(15)9-13(11)14/h7-10,14,16H,3-6,15H2,1-2H3. The molecule has 0 saturated carbocycles. The Morgan fingerprint density at radius 2 is 2.31 bits per heavy atom. The van der Waals surface area contributed by atoms with Crippen molar-refractivity contribution in [2.75, 3.05) is 5.73 Å². The molecule has 0 heterocycles. The summed E-state index contributed by atoms with van der Waals surface area (Å²) in [4.78, 5) is 0. The Hall–Kier alpha value is -1.02. The lowest BCUT2D eigenvalue weighted by Crippen LogP contribution is -2.32. The molecule has 2 atom stereocenters. The summed E-state index contributed by atoms with van der Waals surface area (Å²) in [5.41, 5.74) is 9.66. The minimum absolute atomic E-state index is 0.502. The zero-order valence-corrected chi connectivity index (χ0v) is 10.3. The Bertz CT molecular complexity index is 360. The minimum atomic E-state index is 0.502. The molecule has 0 aromatic heterocycles. The maximum Gasteiger partial charge on any atom is 0.0326 e. The minimum Gasteiger partial charge on any atom is -0.399 e. The van der Waals surface area contributed by atoms with Gasteiger partial charge in [-0.3, -0.25) is 0 Å². The molecule has 2 unspecified atom stereocenters. The number of aryl methyl sites for hydroxylation is 1. The van der Waals surface area contributed by atoms with Gasteiger partial charge in [0.2, 0.25) is 0 Å². The maximum absolute atomic E-state index is 5.88. The highest BCUT2D eigenvalue weighted by Gasteiger charge is 2.20.